The lowest BCUT2D eigenvalue weighted by Gasteiger charge is -2.16. The van der Waals surface area contributed by atoms with E-state index in [4.69, 9.17) is 16.0 Å². The van der Waals surface area contributed by atoms with Crippen LogP contribution in [0.1, 0.15) is 16.7 Å². The fraction of sp³-hybridized carbons (Fsp3) is 0.152. The van der Waals surface area contributed by atoms with Crippen LogP contribution < -0.4 is 9.47 Å². The smallest absolute Gasteiger partial charge is 0.187 e. The van der Waals surface area contributed by atoms with Crippen molar-refractivity contribution in [3.8, 4) is 34.0 Å². The topological polar surface area (TPSA) is 60.9 Å². The van der Waals surface area contributed by atoms with Gasteiger partial charge < -0.3 is 19.1 Å². The predicted octanol–water partition coefficient (Wildman–Crippen LogP) is 7.23. The number of nitrogens with zero attached hydrogens (tertiary/aromatic N) is 3. The summed E-state index contributed by atoms with van der Waals surface area (Å²) in [4.78, 5) is 8.03. The van der Waals surface area contributed by atoms with Crippen LogP contribution in [0.25, 0.3) is 27.4 Å². The quantitative estimate of drug-likeness (QED) is 0.199. The number of hydrogen-bond acceptors (Lipinski definition) is 4. The maximum absolute atomic E-state index is 9.49. The Labute approximate surface area is 228 Å². The van der Waals surface area contributed by atoms with Crippen LogP contribution in [0.2, 0.25) is 0 Å². The molecule has 0 aliphatic carbocycles. The van der Waals surface area contributed by atoms with Crippen molar-refractivity contribution in [3.05, 3.63) is 131 Å². The number of aliphatic hydroxyl groups is 1. The lowest BCUT2D eigenvalue weighted by Crippen LogP contribution is -2.05. The van der Waals surface area contributed by atoms with E-state index in [-0.39, 0.29) is 6.61 Å². The predicted molar refractivity (Wildman–Crippen MR) is 153 cm³/mol. The third-order valence-corrected chi connectivity index (χ3v) is 6.61. The van der Waals surface area contributed by atoms with Gasteiger partial charge in [-0.3, -0.25) is 0 Å². The van der Waals surface area contributed by atoms with E-state index in [0.29, 0.717) is 42.8 Å². The molecule has 0 amide bonds. The van der Waals surface area contributed by atoms with E-state index in [9.17, 15) is 5.11 Å². The normalized spacial score (nSPS) is 10.7. The van der Waals surface area contributed by atoms with Gasteiger partial charge in [-0.05, 0) is 52.9 Å². The third-order valence-electron chi connectivity index (χ3n) is 6.61. The Kier molecular flexibility index (Phi) is 8.01. The summed E-state index contributed by atoms with van der Waals surface area (Å²) < 4.78 is 14.4. The summed E-state index contributed by atoms with van der Waals surface area (Å²) in [6.07, 6.45) is 3.54. The number of benzene rings is 4. The summed E-state index contributed by atoms with van der Waals surface area (Å²) in [5, 5.41) is 9.49. The molecule has 0 aliphatic rings. The molecule has 1 N–H and O–H groups in total. The van der Waals surface area contributed by atoms with Crippen molar-refractivity contribution in [2.75, 3.05) is 6.61 Å². The molecule has 0 unspecified atom stereocenters. The molecule has 194 valence electrons. The minimum absolute atomic E-state index is 0.00551. The van der Waals surface area contributed by atoms with Gasteiger partial charge in [0.2, 0.25) is 0 Å². The molecule has 0 saturated carbocycles. The molecule has 1 aromatic heterocycles. The Bertz CT molecular complexity index is 1600. The van der Waals surface area contributed by atoms with E-state index in [1.165, 1.54) is 16.7 Å². The van der Waals surface area contributed by atoms with Gasteiger partial charge in [0.15, 0.2) is 5.69 Å². The van der Waals surface area contributed by atoms with E-state index < -0.39 is 0 Å². The molecular weight excluding hydrogens is 486 g/mol. The molecule has 6 heteroatoms. The largest absolute Gasteiger partial charge is 0.489 e. The van der Waals surface area contributed by atoms with E-state index >= 15 is 0 Å². The van der Waals surface area contributed by atoms with Crippen LogP contribution in [0.4, 0.5) is 5.69 Å². The monoisotopic (exact) mass is 515 g/mol. The molecule has 0 saturated heterocycles. The second kappa shape index (κ2) is 12.1. The lowest BCUT2D eigenvalue weighted by molar-refractivity contribution is 0.276. The average Bonchev–Trinajstić information content (AvgIpc) is 3.44. The number of imidazole rings is 1. The van der Waals surface area contributed by atoms with E-state index in [1.54, 1.807) is 12.3 Å². The Morgan fingerprint density at radius 3 is 2.54 bits per heavy atom. The van der Waals surface area contributed by atoms with Crippen LogP contribution >= 0.6 is 0 Å². The molecule has 5 rings (SSSR count). The highest BCUT2D eigenvalue weighted by atomic mass is 16.5. The number of aromatic nitrogens is 2. The average molecular weight is 516 g/mol. The number of aliphatic hydroxyl groups excluding tert-OH is 1. The Morgan fingerprint density at radius 2 is 1.72 bits per heavy atom. The number of ether oxygens (including phenoxy) is 2. The van der Waals surface area contributed by atoms with Crippen molar-refractivity contribution in [2.45, 2.75) is 26.7 Å². The molecular formula is C33H29N3O3. The first-order chi connectivity index (χ1) is 19.2. The first kappa shape index (κ1) is 25.8. The first-order valence-corrected chi connectivity index (χ1v) is 12.8. The van der Waals surface area contributed by atoms with Crippen LogP contribution in [-0.2, 0) is 19.8 Å². The van der Waals surface area contributed by atoms with Gasteiger partial charge >= 0.3 is 0 Å². The highest BCUT2D eigenvalue weighted by molar-refractivity contribution is 5.69. The molecule has 0 spiro atoms. The highest BCUT2D eigenvalue weighted by Crippen LogP contribution is 2.34. The molecule has 0 bridgehead atoms. The van der Waals surface area contributed by atoms with Crippen LogP contribution in [0, 0.1) is 13.5 Å². The van der Waals surface area contributed by atoms with E-state index in [2.05, 4.69) is 47.1 Å². The van der Waals surface area contributed by atoms with Crippen molar-refractivity contribution in [3.63, 3.8) is 0 Å². The Balaban J connectivity index is 1.41. The lowest BCUT2D eigenvalue weighted by atomic mass is 9.97. The van der Waals surface area contributed by atoms with Crippen molar-refractivity contribution < 1.29 is 14.6 Å². The van der Waals surface area contributed by atoms with Gasteiger partial charge in [-0.2, -0.15) is 0 Å². The molecule has 6 nitrogen and oxygen atoms in total. The third kappa shape index (κ3) is 6.01. The summed E-state index contributed by atoms with van der Waals surface area (Å²) in [5.41, 5.74) is 6.92. The highest BCUT2D eigenvalue weighted by Gasteiger charge is 2.15. The van der Waals surface area contributed by atoms with Gasteiger partial charge in [-0.15, -0.1) is 0 Å². The standard InChI is InChI=1S/C33H29N3O3/c1-24-27(11-7-13-30(24)26-9-4-3-5-10-26)23-38-29-14-15-31(33-35-16-17-36(33)18-19-37)32(21-29)39-22-25-8-6-12-28(20-25)34-2/h3-17,20-21,37H,18-19,22-23H2,1H3. The Morgan fingerprint density at radius 1 is 0.872 bits per heavy atom. The van der Waals surface area contributed by atoms with Crippen LogP contribution in [-0.4, -0.2) is 21.3 Å². The van der Waals surface area contributed by atoms with E-state index in [0.717, 1.165) is 16.7 Å². The fourth-order valence-corrected chi connectivity index (χ4v) is 4.55. The molecule has 1 heterocycles. The summed E-state index contributed by atoms with van der Waals surface area (Å²) in [6.45, 7) is 10.5. The second-order valence-electron chi connectivity index (χ2n) is 9.14. The van der Waals surface area contributed by atoms with Crippen molar-refractivity contribution in [1.29, 1.82) is 0 Å². The van der Waals surface area contributed by atoms with Gasteiger partial charge in [0, 0.05) is 25.0 Å². The maximum atomic E-state index is 9.49. The zero-order valence-electron chi connectivity index (χ0n) is 21.7. The SMILES string of the molecule is [C-]#[N+]c1cccc(COc2cc(OCc3cccc(-c4ccccc4)c3C)ccc2-c2nccn2CCO)c1. The molecule has 0 atom stereocenters. The number of rotatable bonds is 10. The molecule has 0 aliphatic heterocycles. The minimum Gasteiger partial charge on any atom is -0.489 e. The van der Waals surface area contributed by atoms with Gasteiger partial charge in [0.05, 0.1) is 18.7 Å². The van der Waals surface area contributed by atoms with Crippen LogP contribution in [0.15, 0.2) is 103 Å². The first-order valence-electron chi connectivity index (χ1n) is 12.8. The minimum atomic E-state index is 0.00551. The van der Waals surface area contributed by atoms with E-state index in [1.807, 2.05) is 65.4 Å². The summed E-state index contributed by atoms with van der Waals surface area (Å²) in [6, 6.07) is 29.7. The number of hydrogen-bond donors (Lipinski definition) is 1. The van der Waals surface area contributed by atoms with Crippen molar-refractivity contribution >= 4 is 5.69 Å². The molecule has 4 aromatic carbocycles. The molecule has 0 fully saturated rings. The van der Waals surface area contributed by atoms with Crippen molar-refractivity contribution in [2.24, 2.45) is 0 Å². The second-order valence-corrected chi connectivity index (χ2v) is 9.14. The van der Waals surface area contributed by atoms with Crippen LogP contribution in [0.5, 0.6) is 11.5 Å². The zero-order valence-corrected chi connectivity index (χ0v) is 21.7. The van der Waals surface area contributed by atoms with Gasteiger partial charge in [-0.25, -0.2) is 9.83 Å². The molecule has 0 radical (unpaired) electrons. The molecule has 5 aromatic rings. The zero-order chi connectivity index (χ0) is 27.0. The fourth-order valence-electron chi connectivity index (χ4n) is 4.55. The van der Waals surface area contributed by atoms with Crippen LogP contribution in [0.3, 0.4) is 0 Å². The van der Waals surface area contributed by atoms with Gasteiger partial charge in [0.1, 0.15) is 30.5 Å². The maximum Gasteiger partial charge on any atom is 0.187 e. The van der Waals surface area contributed by atoms with Crippen molar-refractivity contribution in [1.82, 2.24) is 9.55 Å². The molecule has 39 heavy (non-hydrogen) atoms. The van der Waals surface area contributed by atoms with Gasteiger partial charge in [-0.1, -0.05) is 66.7 Å². The summed E-state index contributed by atoms with van der Waals surface area (Å²) in [7, 11) is 0. The van der Waals surface area contributed by atoms with Gasteiger partial charge in [0.25, 0.3) is 0 Å². The summed E-state index contributed by atoms with van der Waals surface area (Å²) >= 11 is 0. The summed E-state index contributed by atoms with van der Waals surface area (Å²) in [5.74, 6) is 1.99. The Hall–Kier alpha value is -4.86.